The molecule has 96 valence electrons. The highest BCUT2D eigenvalue weighted by atomic mass is 35.5. The van der Waals surface area contributed by atoms with E-state index in [4.69, 9.17) is 16.3 Å². The van der Waals surface area contributed by atoms with E-state index in [1.54, 1.807) is 25.1 Å². The normalized spacial score (nSPS) is 10.5. The molecule has 0 spiro atoms. The van der Waals surface area contributed by atoms with Crippen LogP contribution >= 0.6 is 23.4 Å². The van der Waals surface area contributed by atoms with Gasteiger partial charge in [-0.1, -0.05) is 11.6 Å². The van der Waals surface area contributed by atoms with Crippen LogP contribution in [0.2, 0.25) is 5.02 Å². The van der Waals surface area contributed by atoms with Crippen molar-refractivity contribution in [2.24, 2.45) is 0 Å². The van der Waals surface area contributed by atoms with Gasteiger partial charge >= 0.3 is 0 Å². The summed E-state index contributed by atoms with van der Waals surface area (Å²) in [6, 6.07) is 0. The summed E-state index contributed by atoms with van der Waals surface area (Å²) in [6.45, 7) is 1.59. The maximum atomic E-state index is 11.8. The van der Waals surface area contributed by atoms with Crippen molar-refractivity contribution in [3.63, 3.8) is 0 Å². The maximum Gasteiger partial charge on any atom is 0.287 e. The summed E-state index contributed by atoms with van der Waals surface area (Å²) in [5.74, 6) is 0.948. The molecule has 0 aliphatic carbocycles. The minimum Gasteiger partial charge on any atom is -0.383 e. The van der Waals surface area contributed by atoms with Gasteiger partial charge in [0.05, 0.1) is 25.0 Å². The lowest BCUT2D eigenvalue weighted by Gasteiger charge is -2.09. The Morgan fingerprint density at radius 2 is 2.41 bits per heavy atom. The standard InChI is InChI=1S/C10H16ClN3O2S/c1-16-5-4-14-10(15)9(11)8(7-13-14)12-3-6-17-2/h7,12H,3-6H2,1-2H3. The molecule has 0 unspecified atom stereocenters. The van der Waals surface area contributed by atoms with Crippen LogP contribution in [0.5, 0.6) is 0 Å². The molecule has 7 heteroatoms. The largest absolute Gasteiger partial charge is 0.383 e. The summed E-state index contributed by atoms with van der Waals surface area (Å²) in [7, 11) is 1.57. The van der Waals surface area contributed by atoms with E-state index in [0.29, 0.717) is 18.8 Å². The lowest BCUT2D eigenvalue weighted by Crippen LogP contribution is -2.26. The van der Waals surface area contributed by atoms with Gasteiger partial charge < -0.3 is 10.1 Å². The first-order valence-electron chi connectivity index (χ1n) is 5.18. The number of methoxy groups -OCH3 is 1. The monoisotopic (exact) mass is 277 g/mol. The van der Waals surface area contributed by atoms with Crippen molar-refractivity contribution in [2.45, 2.75) is 6.54 Å². The molecule has 0 bridgehead atoms. The SMILES string of the molecule is COCCn1ncc(NCCSC)c(Cl)c1=O. The zero-order valence-electron chi connectivity index (χ0n) is 9.90. The molecule has 17 heavy (non-hydrogen) atoms. The van der Waals surface area contributed by atoms with E-state index in [2.05, 4.69) is 10.4 Å². The molecule has 0 atom stereocenters. The number of ether oxygens (including phenoxy) is 1. The van der Waals surface area contributed by atoms with Gasteiger partial charge in [0.2, 0.25) is 0 Å². The van der Waals surface area contributed by atoms with E-state index in [1.165, 1.54) is 4.68 Å². The van der Waals surface area contributed by atoms with E-state index in [0.717, 1.165) is 12.3 Å². The van der Waals surface area contributed by atoms with Crippen LogP contribution in [0.15, 0.2) is 11.0 Å². The summed E-state index contributed by atoms with van der Waals surface area (Å²) >= 11 is 7.69. The molecule has 0 fully saturated rings. The van der Waals surface area contributed by atoms with Gasteiger partial charge in [-0.2, -0.15) is 16.9 Å². The van der Waals surface area contributed by atoms with Crippen LogP contribution in [-0.2, 0) is 11.3 Å². The third-order valence-electron chi connectivity index (χ3n) is 2.11. The highest BCUT2D eigenvalue weighted by Crippen LogP contribution is 2.14. The van der Waals surface area contributed by atoms with Crippen molar-refractivity contribution < 1.29 is 4.74 Å². The van der Waals surface area contributed by atoms with E-state index in [9.17, 15) is 4.79 Å². The molecule has 0 aliphatic rings. The highest BCUT2D eigenvalue weighted by molar-refractivity contribution is 7.98. The Kier molecular flexibility index (Phi) is 6.39. The number of halogens is 1. The number of hydrogen-bond donors (Lipinski definition) is 1. The second-order valence-corrected chi connectivity index (χ2v) is 4.68. The van der Waals surface area contributed by atoms with E-state index in [-0.39, 0.29) is 10.6 Å². The minimum absolute atomic E-state index is 0.178. The molecule has 1 heterocycles. The molecule has 0 radical (unpaired) electrons. The van der Waals surface area contributed by atoms with Gasteiger partial charge in [-0.05, 0) is 6.26 Å². The van der Waals surface area contributed by atoms with Crippen molar-refractivity contribution in [3.05, 3.63) is 21.6 Å². The first-order chi connectivity index (χ1) is 8.20. The quantitative estimate of drug-likeness (QED) is 0.762. The topological polar surface area (TPSA) is 56.1 Å². The number of hydrogen-bond acceptors (Lipinski definition) is 5. The van der Waals surface area contributed by atoms with Gasteiger partial charge in [0.25, 0.3) is 5.56 Å². The van der Waals surface area contributed by atoms with Gasteiger partial charge in [0, 0.05) is 19.4 Å². The Hall–Kier alpha value is -0.720. The maximum absolute atomic E-state index is 11.8. The molecular weight excluding hydrogens is 262 g/mol. The first kappa shape index (κ1) is 14.3. The van der Waals surface area contributed by atoms with Crippen LogP contribution in [0.25, 0.3) is 0 Å². The van der Waals surface area contributed by atoms with Crippen LogP contribution in [0.4, 0.5) is 5.69 Å². The summed E-state index contributed by atoms with van der Waals surface area (Å²) in [6.07, 6.45) is 3.59. The fourth-order valence-corrected chi connectivity index (χ4v) is 1.73. The minimum atomic E-state index is -0.294. The van der Waals surface area contributed by atoms with E-state index in [1.807, 2.05) is 6.26 Å². The van der Waals surface area contributed by atoms with Gasteiger partial charge in [-0.25, -0.2) is 4.68 Å². The second-order valence-electron chi connectivity index (χ2n) is 3.31. The molecule has 0 aliphatic heterocycles. The van der Waals surface area contributed by atoms with Crippen molar-refractivity contribution in [1.29, 1.82) is 0 Å². The summed E-state index contributed by atoms with van der Waals surface area (Å²) < 4.78 is 6.19. The third kappa shape index (κ3) is 4.22. The number of thioether (sulfide) groups is 1. The molecule has 0 saturated heterocycles. The van der Waals surface area contributed by atoms with E-state index >= 15 is 0 Å². The Bertz CT molecular complexity index is 411. The molecule has 1 aromatic heterocycles. The Balaban J connectivity index is 2.76. The predicted molar refractivity (Wildman–Crippen MR) is 72.3 cm³/mol. The second kappa shape index (κ2) is 7.58. The van der Waals surface area contributed by atoms with Crippen LogP contribution < -0.4 is 10.9 Å². The van der Waals surface area contributed by atoms with Gasteiger partial charge in [0.15, 0.2) is 0 Å². The van der Waals surface area contributed by atoms with E-state index < -0.39 is 0 Å². The third-order valence-corrected chi connectivity index (χ3v) is 3.09. The van der Waals surface area contributed by atoms with Gasteiger partial charge in [0.1, 0.15) is 5.02 Å². The van der Waals surface area contributed by atoms with Crippen LogP contribution in [0.3, 0.4) is 0 Å². The fraction of sp³-hybridized carbons (Fsp3) is 0.600. The average Bonchev–Trinajstić information content (AvgIpc) is 2.34. The number of rotatable bonds is 7. The summed E-state index contributed by atoms with van der Waals surface area (Å²) in [5, 5.41) is 7.28. The van der Waals surface area contributed by atoms with Gasteiger partial charge in [-0.3, -0.25) is 4.79 Å². The molecule has 1 rings (SSSR count). The Morgan fingerprint density at radius 1 is 1.65 bits per heavy atom. The predicted octanol–water partition coefficient (Wildman–Crippen LogP) is 1.32. The highest BCUT2D eigenvalue weighted by Gasteiger charge is 2.08. The van der Waals surface area contributed by atoms with Crippen molar-refractivity contribution >= 4 is 29.1 Å². The van der Waals surface area contributed by atoms with Crippen LogP contribution in [0.1, 0.15) is 0 Å². The van der Waals surface area contributed by atoms with Crippen LogP contribution in [0, 0.1) is 0 Å². The molecular formula is C10H16ClN3O2S. The fourth-order valence-electron chi connectivity index (χ4n) is 1.21. The molecule has 0 saturated carbocycles. The Morgan fingerprint density at radius 3 is 3.06 bits per heavy atom. The lowest BCUT2D eigenvalue weighted by molar-refractivity contribution is 0.182. The summed E-state index contributed by atoms with van der Waals surface area (Å²) in [5.41, 5.74) is 0.289. The first-order valence-corrected chi connectivity index (χ1v) is 6.95. The Labute approximate surface area is 109 Å². The molecule has 1 N–H and O–H groups in total. The van der Waals surface area contributed by atoms with Crippen molar-refractivity contribution in [2.75, 3.05) is 37.6 Å². The molecule has 1 aromatic rings. The number of anilines is 1. The zero-order valence-corrected chi connectivity index (χ0v) is 11.5. The molecule has 0 aromatic carbocycles. The number of aromatic nitrogens is 2. The average molecular weight is 278 g/mol. The summed E-state index contributed by atoms with van der Waals surface area (Å²) in [4.78, 5) is 11.8. The number of nitrogens with zero attached hydrogens (tertiary/aromatic N) is 2. The molecule has 5 nitrogen and oxygen atoms in total. The lowest BCUT2D eigenvalue weighted by atomic mass is 10.4. The number of nitrogens with one attached hydrogen (secondary N) is 1. The zero-order chi connectivity index (χ0) is 12.7. The van der Waals surface area contributed by atoms with Crippen LogP contribution in [-0.4, -0.2) is 42.1 Å². The smallest absolute Gasteiger partial charge is 0.287 e. The van der Waals surface area contributed by atoms with Crippen molar-refractivity contribution in [3.8, 4) is 0 Å². The molecule has 0 amide bonds. The van der Waals surface area contributed by atoms with Gasteiger partial charge in [-0.15, -0.1) is 0 Å². The van der Waals surface area contributed by atoms with Crippen molar-refractivity contribution in [1.82, 2.24) is 9.78 Å².